The maximum absolute atomic E-state index is 5.18. The number of hydrogen-bond acceptors (Lipinski definition) is 2. The van der Waals surface area contributed by atoms with Crippen molar-refractivity contribution in [1.29, 1.82) is 0 Å². The molecule has 0 amide bonds. The summed E-state index contributed by atoms with van der Waals surface area (Å²) in [5.74, 6) is 0. The third-order valence-electron chi connectivity index (χ3n) is 3.57. The molecule has 0 unspecified atom stereocenters. The van der Waals surface area contributed by atoms with Crippen LogP contribution in [0.25, 0.3) is 10.9 Å². The first-order valence-corrected chi connectivity index (χ1v) is 6.67. The van der Waals surface area contributed by atoms with Crippen LogP contribution in [0.3, 0.4) is 0 Å². The predicted molar refractivity (Wildman–Crippen MR) is 73.7 cm³/mol. The number of rotatable bonds is 6. The summed E-state index contributed by atoms with van der Waals surface area (Å²) in [5, 5.41) is 4.91. The van der Waals surface area contributed by atoms with Gasteiger partial charge in [-0.15, -0.1) is 0 Å². The Balaban J connectivity index is 1.87. The van der Waals surface area contributed by atoms with Crippen molar-refractivity contribution in [2.45, 2.75) is 32.0 Å². The number of benzene rings is 1. The van der Waals surface area contributed by atoms with Gasteiger partial charge in [-0.25, -0.2) is 0 Å². The molecule has 0 atom stereocenters. The summed E-state index contributed by atoms with van der Waals surface area (Å²) in [5.41, 5.74) is 2.74. The summed E-state index contributed by atoms with van der Waals surface area (Å²) in [6.07, 6.45) is 4.83. The number of ether oxygens (including phenoxy) is 1. The molecule has 1 aromatic carbocycles. The van der Waals surface area contributed by atoms with E-state index in [0.29, 0.717) is 0 Å². The molecule has 3 heteroatoms. The molecule has 0 saturated heterocycles. The van der Waals surface area contributed by atoms with E-state index in [1.165, 1.54) is 29.3 Å². The highest BCUT2D eigenvalue weighted by molar-refractivity contribution is 5.83. The van der Waals surface area contributed by atoms with E-state index in [1.807, 2.05) is 0 Å². The lowest BCUT2D eigenvalue weighted by atomic mass is 10.1. The first-order chi connectivity index (χ1) is 8.88. The van der Waals surface area contributed by atoms with Crippen LogP contribution in [0.4, 0.5) is 0 Å². The Hall–Kier alpha value is -1.32. The maximum Gasteiger partial charge on any atom is 0.0641 e. The van der Waals surface area contributed by atoms with E-state index in [1.54, 1.807) is 7.11 Å². The highest BCUT2D eigenvalue weighted by Crippen LogP contribution is 2.23. The second kappa shape index (κ2) is 5.12. The molecule has 1 N–H and O–H groups in total. The second-order valence-electron chi connectivity index (χ2n) is 5.01. The minimum atomic E-state index is 0.752. The van der Waals surface area contributed by atoms with E-state index < -0.39 is 0 Å². The van der Waals surface area contributed by atoms with Crippen LogP contribution in [0.15, 0.2) is 30.5 Å². The second-order valence-corrected chi connectivity index (χ2v) is 5.01. The van der Waals surface area contributed by atoms with Gasteiger partial charge in [-0.2, -0.15) is 0 Å². The Morgan fingerprint density at radius 1 is 1.33 bits per heavy atom. The van der Waals surface area contributed by atoms with Gasteiger partial charge < -0.3 is 14.6 Å². The fraction of sp³-hybridized carbons (Fsp3) is 0.467. The summed E-state index contributed by atoms with van der Waals surface area (Å²) in [6, 6.07) is 9.49. The van der Waals surface area contributed by atoms with E-state index >= 15 is 0 Å². The largest absolute Gasteiger partial charge is 0.383 e. The lowest BCUT2D eigenvalue weighted by Crippen LogP contribution is -2.16. The molecule has 1 saturated carbocycles. The van der Waals surface area contributed by atoms with Crippen LogP contribution in [0.1, 0.15) is 18.4 Å². The van der Waals surface area contributed by atoms with Gasteiger partial charge in [-0.1, -0.05) is 18.2 Å². The zero-order valence-corrected chi connectivity index (χ0v) is 10.9. The topological polar surface area (TPSA) is 26.2 Å². The number of nitrogens with zero attached hydrogens (tertiary/aromatic N) is 1. The molecule has 18 heavy (non-hydrogen) atoms. The zero-order valence-electron chi connectivity index (χ0n) is 10.9. The number of fused-ring (bicyclic) bond motifs is 1. The summed E-state index contributed by atoms with van der Waals surface area (Å²) < 4.78 is 7.47. The lowest BCUT2D eigenvalue weighted by Gasteiger charge is -2.10. The molecule has 0 bridgehead atoms. The van der Waals surface area contributed by atoms with E-state index in [-0.39, 0.29) is 0 Å². The Morgan fingerprint density at radius 2 is 2.22 bits per heavy atom. The van der Waals surface area contributed by atoms with E-state index in [4.69, 9.17) is 4.74 Å². The molecule has 1 aliphatic carbocycles. The van der Waals surface area contributed by atoms with E-state index in [9.17, 15) is 0 Å². The van der Waals surface area contributed by atoms with Gasteiger partial charge in [0.2, 0.25) is 0 Å². The van der Waals surface area contributed by atoms with Gasteiger partial charge in [0.05, 0.1) is 12.1 Å². The number of nitrogens with one attached hydrogen (secondary N) is 1. The summed E-state index contributed by atoms with van der Waals surface area (Å²) in [7, 11) is 1.75. The quantitative estimate of drug-likeness (QED) is 0.845. The molecule has 0 aliphatic heterocycles. The van der Waals surface area contributed by atoms with Crippen molar-refractivity contribution >= 4 is 10.9 Å². The molecule has 0 spiro atoms. The third kappa shape index (κ3) is 2.42. The van der Waals surface area contributed by atoms with Crippen LogP contribution in [0.2, 0.25) is 0 Å². The van der Waals surface area contributed by atoms with Crippen LogP contribution in [-0.2, 0) is 17.8 Å². The first kappa shape index (κ1) is 11.8. The van der Waals surface area contributed by atoms with E-state index in [2.05, 4.69) is 40.3 Å². The summed E-state index contributed by atoms with van der Waals surface area (Å²) in [6.45, 7) is 2.65. The van der Waals surface area contributed by atoms with Crippen LogP contribution in [0.5, 0.6) is 0 Å². The molecule has 0 radical (unpaired) electrons. The average Bonchev–Trinajstić information content (AvgIpc) is 3.13. The first-order valence-electron chi connectivity index (χ1n) is 6.67. The van der Waals surface area contributed by atoms with Gasteiger partial charge in [0.25, 0.3) is 0 Å². The number of hydrogen-bond donors (Lipinski definition) is 1. The van der Waals surface area contributed by atoms with Gasteiger partial charge in [0.1, 0.15) is 0 Å². The Bertz CT molecular complexity index is 528. The number of methoxy groups -OCH3 is 1. The van der Waals surface area contributed by atoms with Crippen molar-refractivity contribution < 1.29 is 4.74 Å². The fourth-order valence-corrected chi connectivity index (χ4v) is 2.40. The average molecular weight is 244 g/mol. The fourth-order valence-electron chi connectivity index (χ4n) is 2.40. The monoisotopic (exact) mass is 244 g/mol. The lowest BCUT2D eigenvalue weighted by molar-refractivity contribution is 0.188. The molecular weight excluding hydrogens is 224 g/mol. The Morgan fingerprint density at radius 3 is 3.00 bits per heavy atom. The van der Waals surface area contributed by atoms with Crippen molar-refractivity contribution in [3.05, 3.63) is 36.0 Å². The molecule has 2 aromatic rings. The maximum atomic E-state index is 5.18. The molecule has 1 heterocycles. The number of para-hydroxylation sites is 1. The van der Waals surface area contributed by atoms with Crippen molar-refractivity contribution in [2.75, 3.05) is 13.7 Å². The zero-order chi connectivity index (χ0) is 12.4. The van der Waals surface area contributed by atoms with Gasteiger partial charge in [-0.05, 0) is 29.9 Å². The Labute approximate surface area is 108 Å². The van der Waals surface area contributed by atoms with Crippen molar-refractivity contribution in [2.24, 2.45) is 0 Å². The van der Waals surface area contributed by atoms with Gasteiger partial charge >= 0.3 is 0 Å². The highest BCUT2D eigenvalue weighted by Gasteiger charge is 2.20. The standard InChI is InChI=1S/C15H20N2O/c1-18-10-9-17-8-7-12-3-2-4-13(15(12)17)11-16-14-5-6-14/h2-4,7-8,14,16H,5-6,9-11H2,1H3. The minimum Gasteiger partial charge on any atom is -0.383 e. The third-order valence-corrected chi connectivity index (χ3v) is 3.57. The smallest absolute Gasteiger partial charge is 0.0641 e. The van der Waals surface area contributed by atoms with Gasteiger partial charge in [0.15, 0.2) is 0 Å². The van der Waals surface area contributed by atoms with Gasteiger partial charge in [-0.3, -0.25) is 0 Å². The van der Waals surface area contributed by atoms with Crippen LogP contribution in [-0.4, -0.2) is 24.3 Å². The Kier molecular flexibility index (Phi) is 3.35. The highest BCUT2D eigenvalue weighted by atomic mass is 16.5. The van der Waals surface area contributed by atoms with Crippen molar-refractivity contribution in [1.82, 2.24) is 9.88 Å². The molecule has 1 aliphatic rings. The molecule has 96 valence electrons. The molecule has 3 rings (SSSR count). The van der Waals surface area contributed by atoms with Crippen molar-refractivity contribution in [3.63, 3.8) is 0 Å². The van der Waals surface area contributed by atoms with Crippen LogP contribution >= 0.6 is 0 Å². The van der Waals surface area contributed by atoms with E-state index in [0.717, 1.165) is 25.7 Å². The summed E-state index contributed by atoms with van der Waals surface area (Å²) >= 11 is 0. The van der Waals surface area contributed by atoms with Crippen LogP contribution < -0.4 is 5.32 Å². The molecule has 1 aromatic heterocycles. The normalized spacial score (nSPS) is 15.4. The predicted octanol–water partition coefficient (Wildman–Crippen LogP) is 2.54. The molecule has 1 fully saturated rings. The van der Waals surface area contributed by atoms with Gasteiger partial charge in [0, 0.05) is 32.4 Å². The van der Waals surface area contributed by atoms with Crippen molar-refractivity contribution in [3.8, 4) is 0 Å². The SMILES string of the molecule is COCCn1ccc2cccc(CNC3CC3)c21. The minimum absolute atomic E-state index is 0.752. The molecular formula is C15H20N2O. The number of aromatic nitrogens is 1. The molecule has 3 nitrogen and oxygen atoms in total. The van der Waals surface area contributed by atoms with Crippen LogP contribution in [0, 0.1) is 0 Å². The summed E-state index contributed by atoms with van der Waals surface area (Å²) in [4.78, 5) is 0.